The first-order valence-corrected chi connectivity index (χ1v) is 10.4. The van der Waals surface area contributed by atoms with Gasteiger partial charge in [0.1, 0.15) is 5.69 Å². The summed E-state index contributed by atoms with van der Waals surface area (Å²) >= 11 is 6.23. The fourth-order valence-corrected chi connectivity index (χ4v) is 3.69. The fraction of sp³-hybridized carbons (Fsp3) is 0.435. The van der Waals surface area contributed by atoms with Crippen LogP contribution in [0, 0.1) is 19.8 Å². The van der Waals surface area contributed by atoms with Crippen LogP contribution >= 0.6 is 11.6 Å². The second kappa shape index (κ2) is 9.94. The number of ether oxygens (including phenoxy) is 1. The third-order valence-corrected chi connectivity index (χ3v) is 5.27. The number of benzene rings is 1. The Bertz CT molecular complexity index is 949. The normalized spacial score (nSPS) is 12.0. The van der Waals surface area contributed by atoms with Gasteiger partial charge in [-0.15, -0.1) is 0 Å². The second-order valence-electron chi connectivity index (χ2n) is 7.72. The minimum absolute atomic E-state index is 0.148. The van der Waals surface area contributed by atoms with E-state index in [-0.39, 0.29) is 29.9 Å². The van der Waals surface area contributed by atoms with Gasteiger partial charge in [-0.2, -0.15) is 0 Å². The number of hydrogen-bond donors (Lipinski definition) is 1. The molecule has 1 heterocycles. The first-order valence-electron chi connectivity index (χ1n) is 10.1. The van der Waals surface area contributed by atoms with Crippen LogP contribution in [0.4, 0.5) is 0 Å². The first kappa shape index (κ1) is 23.7. The van der Waals surface area contributed by atoms with Crippen molar-refractivity contribution >= 4 is 29.3 Å². The molecule has 0 aliphatic rings. The molecule has 2 rings (SSSR count). The van der Waals surface area contributed by atoms with Crippen molar-refractivity contribution in [3.63, 3.8) is 0 Å². The molecule has 1 amide bonds. The summed E-state index contributed by atoms with van der Waals surface area (Å²) in [6.07, 6.45) is 0. The van der Waals surface area contributed by atoms with Crippen molar-refractivity contribution < 1.29 is 19.1 Å². The van der Waals surface area contributed by atoms with Gasteiger partial charge in [0.25, 0.3) is 5.91 Å². The highest BCUT2D eigenvalue weighted by Gasteiger charge is 2.32. The van der Waals surface area contributed by atoms with Crippen LogP contribution in [0.25, 0.3) is 0 Å². The van der Waals surface area contributed by atoms with Gasteiger partial charge < -0.3 is 14.6 Å². The van der Waals surface area contributed by atoms with E-state index in [1.807, 2.05) is 13.8 Å². The number of Topliss-reactive ketones (excluding diaryl/α,β-unsaturated/α-hetero) is 1. The van der Waals surface area contributed by atoms with Gasteiger partial charge in [0.2, 0.25) is 0 Å². The SMILES string of the molecule is CCOC(=O)c1[nH]c(C)c(C(=O)[C@H](C)N(CC(C)C)C(=O)c2ccccc2Cl)c1C. The van der Waals surface area contributed by atoms with Crippen LogP contribution in [0.2, 0.25) is 5.02 Å². The summed E-state index contributed by atoms with van der Waals surface area (Å²) in [7, 11) is 0. The van der Waals surface area contributed by atoms with Gasteiger partial charge in [0.05, 0.1) is 23.2 Å². The number of carbonyl (C=O) groups excluding carboxylic acids is 3. The summed E-state index contributed by atoms with van der Waals surface area (Å²) in [4.78, 5) is 43.4. The highest BCUT2D eigenvalue weighted by atomic mass is 35.5. The number of aryl methyl sites for hydroxylation is 1. The van der Waals surface area contributed by atoms with Gasteiger partial charge in [0.15, 0.2) is 5.78 Å². The van der Waals surface area contributed by atoms with E-state index < -0.39 is 12.0 Å². The molecular weight excluding hydrogens is 404 g/mol. The van der Waals surface area contributed by atoms with E-state index in [0.29, 0.717) is 34.0 Å². The van der Waals surface area contributed by atoms with Gasteiger partial charge in [-0.25, -0.2) is 4.79 Å². The van der Waals surface area contributed by atoms with Crippen LogP contribution in [0.5, 0.6) is 0 Å². The molecule has 0 aliphatic heterocycles. The molecule has 0 saturated carbocycles. The molecule has 0 saturated heterocycles. The van der Waals surface area contributed by atoms with Gasteiger partial charge in [-0.05, 0) is 51.3 Å². The van der Waals surface area contributed by atoms with Gasteiger partial charge in [0, 0.05) is 17.8 Å². The number of amides is 1. The molecule has 1 N–H and O–H groups in total. The van der Waals surface area contributed by atoms with E-state index in [9.17, 15) is 14.4 Å². The van der Waals surface area contributed by atoms with Crippen molar-refractivity contribution in [2.45, 2.75) is 47.6 Å². The third-order valence-electron chi connectivity index (χ3n) is 4.94. The molecule has 0 unspecified atom stereocenters. The lowest BCUT2D eigenvalue weighted by atomic mass is 9.98. The molecule has 30 heavy (non-hydrogen) atoms. The monoisotopic (exact) mass is 432 g/mol. The van der Waals surface area contributed by atoms with Gasteiger partial charge in [-0.3, -0.25) is 9.59 Å². The Morgan fingerprint density at radius 2 is 1.77 bits per heavy atom. The number of aromatic amines is 1. The molecule has 1 aromatic heterocycles. The Morgan fingerprint density at radius 3 is 2.33 bits per heavy atom. The van der Waals surface area contributed by atoms with Crippen LogP contribution in [-0.2, 0) is 4.74 Å². The topological polar surface area (TPSA) is 79.5 Å². The molecule has 1 aromatic carbocycles. The fourth-order valence-electron chi connectivity index (χ4n) is 3.48. The Kier molecular flexibility index (Phi) is 7.84. The van der Waals surface area contributed by atoms with Crippen LogP contribution in [0.15, 0.2) is 24.3 Å². The number of ketones is 1. The summed E-state index contributed by atoms with van der Waals surface area (Å²) in [5.41, 5.74) is 2.12. The van der Waals surface area contributed by atoms with Crippen LogP contribution in [0.3, 0.4) is 0 Å². The summed E-state index contributed by atoms with van der Waals surface area (Å²) < 4.78 is 5.07. The standard InChI is InChI=1S/C23H29ClN2O4/c1-7-30-23(29)20-14(4)19(15(5)25-20)21(27)16(6)26(12-13(2)3)22(28)17-10-8-9-11-18(17)24/h8-11,13,16,25H,7,12H2,1-6H3/t16-/m0/s1. The van der Waals surface area contributed by atoms with Crippen LogP contribution in [0.1, 0.15) is 70.2 Å². The van der Waals surface area contributed by atoms with E-state index >= 15 is 0 Å². The summed E-state index contributed by atoms with van der Waals surface area (Å²) in [5.74, 6) is -0.893. The van der Waals surface area contributed by atoms with Crippen molar-refractivity contribution in [2.24, 2.45) is 5.92 Å². The summed E-state index contributed by atoms with van der Waals surface area (Å²) in [5, 5.41) is 0.342. The maximum absolute atomic E-state index is 13.4. The van der Waals surface area contributed by atoms with E-state index in [1.54, 1.807) is 56.9 Å². The molecular formula is C23H29ClN2O4. The quantitative estimate of drug-likeness (QED) is 0.478. The predicted octanol–water partition coefficient (Wildman–Crippen LogP) is 4.83. The van der Waals surface area contributed by atoms with E-state index in [2.05, 4.69) is 4.98 Å². The Hall–Kier alpha value is -2.60. The minimum Gasteiger partial charge on any atom is -0.461 e. The lowest BCUT2D eigenvalue weighted by Crippen LogP contribution is -2.45. The van der Waals surface area contributed by atoms with E-state index in [0.717, 1.165) is 0 Å². The molecule has 0 spiro atoms. The maximum atomic E-state index is 13.4. The molecule has 0 bridgehead atoms. The molecule has 0 aliphatic carbocycles. The number of nitrogens with one attached hydrogen (secondary N) is 1. The molecule has 162 valence electrons. The number of esters is 1. The predicted molar refractivity (Wildman–Crippen MR) is 117 cm³/mol. The number of rotatable bonds is 8. The second-order valence-corrected chi connectivity index (χ2v) is 8.12. The van der Waals surface area contributed by atoms with Crippen molar-refractivity contribution in [3.05, 3.63) is 57.4 Å². The Balaban J connectivity index is 2.43. The number of nitrogens with zero attached hydrogens (tertiary/aromatic N) is 1. The maximum Gasteiger partial charge on any atom is 0.355 e. The lowest BCUT2D eigenvalue weighted by Gasteiger charge is -2.30. The smallest absolute Gasteiger partial charge is 0.355 e. The van der Waals surface area contributed by atoms with Crippen LogP contribution < -0.4 is 0 Å². The van der Waals surface area contributed by atoms with Crippen molar-refractivity contribution in [2.75, 3.05) is 13.2 Å². The molecule has 1 atom stereocenters. The average molecular weight is 433 g/mol. The molecule has 6 nitrogen and oxygen atoms in total. The zero-order valence-electron chi connectivity index (χ0n) is 18.3. The number of H-pyrrole nitrogens is 1. The van der Waals surface area contributed by atoms with Crippen molar-refractivity contribution in [3.8, 4) is 0 Å². The molecule has 7 heteroatoms. The lowest BCUT2D eigenvalue weighted by molar-refractivity contribution is 0.0518. The number of carbonyl (C=O) groups is 3. The zero-order valence-corrected chi connectivity index (χ0v) is 19.1. The van der Waals surface area contributed by atoms with Crippen LogP contribution in [-0.4, -0.2) is 46.7 Å². The van der Waals surface area contributed by atoms with Crippen molar-refractivity contribution in [1.82, 2.24) is 9.88 Å². The van der Waals surface area contributed by atoms with E-state index in [1.165, 1.54) is 0 Å². The minimum atomic E-state index is -0.737. The first-order chi connectivity index (χ1) is 14.1. The number of halogens is 1. The van der Waals surface area contributed by atoms with Gasteiger partial charge in [-0.1, -0.05) is 37.6 Å². The zero-order chi connectivity index (χ0) is 22.6. The van der Waals surface area contributed by atoms with Gasteiger partial charge >= 0.3 is 5.97 Å². The summed E-state index contributed by atoms with van der Waals surface area (Å²) in [6.45, 7) is 11.5. The molecule has 2 aromatic rings. The van der Waals surface area contributed by atoms with E-state index in [4.69, 9.17) is 16.3 Å². The Labute approximate surface area is 182 Å². The third kappa shape index (κ3) is 4.93. The number of aromatic nitrogens is 1. The largest absolute Gasteiger partial charge is 0.461 e. The number of hydrogen-bond acceptors (Lipinski definition) is 4. The molecule has 0 radical (unpaired) electrons. The van der Waals surface area contributed by atoms with Crippen molar-refractivity contribution in [1.29, 1.82) is 0 Å². The highest BCUT2D eigenvalue weighted by molar-refractivity contribution is 6.33. The molecule has 0 fully saturated rings. The Morgan fingerprint density at radius 1 is 1.13 bits per heavy atom. The average Bonchev–Trinajstić information content (AvgIpc) is 2.99. The highest BCUT2D eigenvalue weighted by Crippen LogP contribution is 2.25. The summed E-state index contributed by atoms with van der Waals surface area (Å²) in [6, 6.07) is 6.07.